The van der Waals surface area contributed by atoms with Gasteiger partial charge in [0.05, 0.1) is 6.20 Å². The third-order valence-corrected chi connectivity index (χ3v) is 4.71. The summed E-state index contributed by atoms with van der Waals surface area (Å²) in [6, 6.07) is 1.91. The molecule has 19 heavy (non-hydrogen) atoms. The van der Waals surface area contributed by atoms with Crippen LogP contribution in [0.3, 0.4) is 0 Å². The van der Waals surface area contributed by atoms with E-state index in [1.54, 1.807) is 6.20 Å². The van der Waals surface area contributed by atoms with Gasteiger partial charge in [0.1, 0.15) is 5.82 Å². The molecule has 4 nitrogen and oxygen atoms in total. The first-order valence-electron chi connectivity index (χ1n) is 7.30. The van der Waals surface area contributed by atoms with E-state index < -0.39 is 0 Å². The summed E-state index contributed by atoms with van der Waals surface area (Å²) in [7, 11) is 0. The van der Waals surface area contributed by atoms with E-state index in [2.05, 4.69) is 22.6 Å². The van der Waals surface area contributed by atoms with Gasteiger partial charge in [-0.05, 0) is 43.4 Å². The molecule has 2 saturated carbocycles. The fourth-order valence-corrected chi connectivity index (χ4v) is 3.43. The fraction of sp³-hybridized carbons (Fsp3) is 0.600. The minimum absolute atomic E-state index is 0.166. The molecule has 0 aromatic carbocycles. The highest BCUT2D eigenvalue weighted by Crippen LogP contribution is 2.43. The van der Waals surface area contributed by atoms with Crippen molar-refractivity contribution in [1.82, 2.24) is 9.78 Å². The molecular weight excluding hydrogens is 238 g/mol. The van der Waals surface area contributed by atoms with Gasteiger partial charge in [-0.25, -0.2) is 4.68 Å². The molecule has 3 aliphatic rings. The molecule has 3 aliphatic carbocycles. The Morgan fingerprint density at radius 3 is 2.95 bits per heavy atom. The molecule has 1 aromatic heterocycles. The molecule has 0 aliphatic heterocycles. The second kappa shape index (κ2) is 4.22. The van der Waals surface area contributed by atoms with Crippen molar-refractivity contribution in [2.45, 2.75) is 32.2 Å². The van der Waals surface area contributed by atoms with Crippen LogP contribution in [0, 0.1) is 23.7 Å². The molecule has 3 atom stereocenters. The Morgan fingerprint density at radius 2 is 2.26 bits per heavy atom. The second-order valence-corrected chi connectivity index (χ2v) is 6.22. The van der Waals surface area contributed by atoms with Crippen molar-refractivity contribution in [3.05, 3.63) is 24.4 Å². The smallest absolute Gasteiger partial charge is 0.229 e. The number of carbonyl (C=O) groups is 1. The van der Waals surface area contributed by atoms with Crippen LogP contribution in [0.15, 0.2) is 24.4 Å². The molecule has 2 bridgehead atoms. The summed E-state index contributed by atoms with van der Waals surface area (Å²) in [6.07, 6.45) is 11.0. The van der Waals surface area contributed by atoms with Gasteiger partial charge >= 0.3 is 0 Å². The third kappa shape index (κ3) is 2.09. The van der Waals surface area contributed by atoms with Crippen LogP contribution in [0.25, 0.3) is 0 Å². The molecule has 0 unspecified atom stereocenters. The molecular formula is C15H19N3O. The predicted molar refractivity (Wildman–Crippen MR) is 72.4 cm³/mol. The number of amides is 1. The summed E-state index contributed by atoms with van der Waals surface area (Å²) < 4.78 is 1.94. The Labute approximate surface area is 112 Å². The number of fused-ring (bicyclic) bond motifs is 2. The Morgan fingerprint density at radius 1 is 1.37 bits per heavy atom. The maximum atomic E-state index is 12.4. The zero-order valence-electron chi connectivity index (χ0n) is 11.0. The Balaban J connectivity index is 1.44. The van der Waals surface area contributed by atoms with Gasteiger partial charge in [-0.3, -0.25) is 4.79 Å². The minimum Gasteiger partial charge on any atom is -0.311 e. The van der Waals surface area contributed by atoms with E-state index >= 15 is 0 Å². The topological polar surface area (TPSA) is 46.9 Å². The van der Waals surface area contributed by atoms with Crippen LogP contribution >= 0.6 is 0 Å². The Hall–Kier alpha value is -1.58. The Bertz CT molecular complexity index is 529. The maximum absolute atomic E-state index is 12.4. The lowest BCUT2D eigenvalue weighted by atomic mass is 9.93. The average molecular weight is 257 g/mol. The van der Waals surface area contributed by atoms with Crippen LogP contribution in [-0.4, -0.2) is 15.7 Å². The van der Waals surface area contributed by atoms with Crippen molar-refractivity contribution in [3.63, 3.8) is 0 Å². The van der Waals surface area contributed by atoms with Crippen molar-refractivity contribution in [2.24, 2.45) is 23.7 Å². The first-order chi connectivity index (χ1) is 9.29. The largest absolute Gasteiger partial charge is 0.311 e. The number of nitrogens with one attached hydrogen (secondary N) is 1. The van der Waals surface area contributed by atoms with Crippen LogP contribution in [-0.2, 0) is 11.3 Å². The molecule has 4 rings (SSSR count). The summed E-state index contributed by atoms with van der Waals surface area (Å²) in [5.74, 6) is 3.07. The lowest BCUT2D eigenvalue weighted by Crippen LogP contribution is -2.27. The van der Waals surface area contributed by atoms with E-state index in [1.807, 2.05) is 10.7 Å². The molecule has 0 saturated heterocycles. The number of rotatable bonds is 4. The number of allylic oxidation sites excluding steroid dienone is 2. The van der Waals surface area contributed by atoms with Crippen LogP contribution in [0.2, 0.25) is 0 Å². The van der Waals surface area contributed by atoms with E-state index in [4.69, 9.17) is 0 Å². The van der Waals surface area contributed by atoms with Gasteiger partial charge < -0.3 is 5.32 Å². The summed E-state index contributed by atoms with van der Waals surface area (Å²) in [5, 5.41) is 7.39. The van der Waals surface area contributed by atoms with Gasteiger partial charge in [0, 0.05) is 18.5 Å². The van der Waals surface area contributed by atoms with E-state index in [9.17, 15) is 4.79 Å². The number of carbonyl (C=O) groups excluding carboxylic acids is 1. The fourth-order valence-electron chi connectivity index (χ4n) is 3.43. The zero-order valence-corrected chi connectivity index (χ0v) is 11.0. The van der Waals surface area contributed by atoms with Gasteiger partial charge in [-0.2, -0.15) is 5.10 Å². The van der Waals surface area contributed by atoms with Crippen molar-refractivity contribution < 1.29 is 4.79 Å². The first-order valence-corrected chi connectivity index (χ1v) is 7.30. The molecule has 1 N–H and O–H groups in total. The van der Waals surface area contributed by atoms with E-state index in [0.29, 0.717) is 11.8 Å². The highest BCUT2D eigenvalue weighted by molar-refractivity contribution is 5.92. The SMILES string of the molecule is O=C(Nc1ccnn1CC1CC1)[C@H]1C[C@H]2C=C[C@H]1C2. The number of aromatic nitrogens is 2. The zero-order chi connectivity index (χ0) is 12.8. The van der Waals surface area contributed by atoms with Gasteiger partial charge in [-0.1, -0.05) is 12.2 Å². The van der Waals surface area contributed by atoms with Crippen molar-refractivity contribution in [3.8, 4) is 0 Å². The molecule has 1 heterocycles. The number of hydrogen-bond acceptors (Lipinski definition) is 2. The number of hydrogen-bond donors (Lipinski definition) is 1. The van der Waals surface area contributed by atoms with Crippen LogP contribution in [0.1, 0.15) is 25.7 Å². The van der Waals surface area contributed by atoms with E-state index in [0.717, 1.165) is 24.7 Å². The van der Waals surface area contributed by atoms with Gasteiger partial charge in [0.15, 0.2) is 0 Å². The summed E-state index contributed by atoms with van der Waals surface area (Å²) >= 11 is 0. The van der Waals surface area contributed by atoms with Crippen LogP contribution in [0.4, 0.5) is 5.82 Å². The van der Waals surface area contributed by atoms with Gasteiger partial charge in [-0.15, -0.1) is 0 Å². The molecule has 100 valence electrons. The van der Waals surface area contributed by atoms with Crippen molar-refractivity contribution >= 4 is 11.7 Å². The lowest BCUT2D eigenvalue weighted by molar-refractivity contribution is -0.120. The summed E-state index contributed by atoms with van der Waals surface area (Å²) in [6.45, 7) is 0.944. The molecule has 2 fully saturated rings. The molecule has 1 amide bonds. The normalized spacial score (nSPS) is 31.9. The van der Waals surface area contributed by atoms with E-state index in [-0.39, 0.29) is 11.8 Å². The quantitative estimate of drug-likeness (QED) is 0.842. The highest BCUT2D eigenvalue weighted by Gasteiger charge is 2.40. The van der Waals surface area contributed by atoms with Gasteiger partial charge in [0.25, 0.3) is 0 Å². The molecule has 0 radical (unpaired) electrons. The summed E-state index contributed by atoms with van der Waals surface area (Å²) in [5.41, 5.74) is 0. The van der Waals surface area contributed by atoms with E-state index in [1.165, 1.54) is 19.3 Å². The summed E-state index contributed by atoms with van der Waals surface area (Å²) in [4.78, 5) is 12.4. The van der Waals surface area contributed by atoms with Crippen molar-refractivity contribution in [2.75, 3.05) is 5.32 Å². The maximum Gasteiger partial charge on any atom is 0.229 e. The monoisotopic (exact) mass is 257 g/mol. The Kier molecular flexibility index (Phi) is 2.50. The lowest BCUT2D eigenvalue weighted by Gasteiger charge is -2.18. The number of anilines is 1. The number of nitrogens with zero attached hydrogens (tertiary/aromatic N) is 2. The predicted octanol–water partition coefficient (Wildman–Crippen LogP) is 2.44. The van der Waals surface area contributed by atoms with Crippen LogP contribution < -0.4 is 5.32 Å². The minimum atomic E-state index is 0.166. The molecule has 1 aromatic rings. The highest BCUT2D eigenvalue weighted by atomic mass is 16.2. The standard InChI is InChI=1S/C15H19N3O/c19-15(13-8-11-3-4-12(13)7-11)17-14-5-6-16-18(14)9-10-1-2-10/h3-6,10-13H,1-2,7-9H2,(H,17,19)/t11-,12-,13-/m0/s1. The average Bonchev–Trinajstić information content (AvgIpc) is 2.82. The van der Waals surface area contributed by atoms with Crippen molar-refractivity contribution in [1.29, 1.82) is 0 Å². The van der Waals surface area contributed by atoms with Crippen LogP contribution in [0.5, 0.6) is 0 Å². The third-order valence-electron chi connectivity index (χ3n) is 4.71. The first kappa shape index (κ1) is 11.3. The van der Waals surface area contributed by atoms with Gasteiger partial charge in [0.2, 0.25) is 5.91 Å². The molecule has 0 spiro atoms. The molecule has 4 heteroatoms. The second-order valence-electron chi connectivity index (χ2n) is 6.22.